The van der Waals surface area contributed by atoms with Crippen LogP contribution in [0.15, 0.2) is 0 Å². The van der Waals surface area contributed by atoms with E-state index in [2.05, 4.69) is 6.92 Å². The van der Waals surface area contributed by atoms with Crippen LogP contribution in [0.1, 0.15) is 26.2 Å². The summed E-state index contributed by atoms with van der Waals surface area (Å²) in [6.45, 7) is 2.63. The summed E-state index contributed by atoms with van der Waals surface area (Å²) >= 11 is 0. The third-order valence-corrected chi connectivity index (χ3v) is 1.15. The molecule has 2 heteroatoms. The van der Waals surface area contributed by atoms with Gasteiger partial charge < -0.3 is 10.1 Å². The zero-order chi connectivity index (χ0) is 7.11. The second kappa shape index (κ2) is 5.76. The van der Waals surface area contributed by atoms with Crippen LogP contribution in [0.4, 0.5) is 0 Å². The molecule has 0 aliphatic carbocycles. The molecular weight excluding hydrogens is 114 g/mol. The lowest BCUT2D eigenvalue weighted by Gasteiger charge is -1.98. The van der Waals surface area contributed by atoms with E-state index in [1.165, 1.54) is 0 Å². The van der Waals surface area contributed by atoms with E-state index >= 15 is 0 Å². The van der Waals surface area contributed by atoms with Crippen molar-refractivity contribution in [3.05, 3.63) is 0 Å². The van der Waals surface area contributed by atoms with Crippen LogP contribution in [0.3, 0.4) is 0 Å². The maximum Gasteiger partial charge on any atom is 0.0837 e. The van der Waals surface area contributed by atoms with Crippen LogP contribution in [0, 0.1) is 5.41 Å². The Labute approximate surface area is 56.7 Å². The zero-order valence-electron chi connectivity index (χ0n) is 6.24. The molecule has 0 rings (SSSR count). The van der Waals surface area contributed by atoms with Crippen molar-refractivity contribution in [1.82, 2.24) is 0 Å². The third kappa shape index (κ3) is 5.50. The molecule has 0 aliphatic rings. The second-order valence-corrected chi connectivity index (χ2v) is 2.14. The van der Waals surface area contributed by atoms with Crippen molar-refractivity contribution in [3.8, 4) is 0 Å². The Hall–Kier alpha value is -0.370. The quantitative estimate of drug-likeness (QED) is 0.564. The Morgan fingerprint density at radius 3 is 2.67 bits per heavy atom. The van der Waals surface area contributed by atoms with E-state index < -0.39 is 0 Å². The van der Waals surface area contributed by atoms with Gasteiger partial charge in [-0.15, -0.1) is 0 Å². The lowest BCUT2D eigenvalue weighted by atomic mass is 10.2. The maximum absolute atomic E-state index is 7.27. The van der Waals surface area contributed by atoms with Gasteiger partial charge in [0.25, 0.3) is 0 Å². The molecule has 0 spiro atoms. The SMILES string of the molecule is CCCCC(=N)COC. The van der Waals surface area contributed by atoms with Gasteiger partial charge in [0.2, 0.25) is 0 Å². The summed E-state index contributed by atoms with van der Waals surface area (Å²) in [5.74, 6) is 0. The average Bonchev–Trinajstić information content (AvgIpc) is 1.85. The molecule has 0 aromatic rings. The van der Waals surface area contributed by atoms with E-state index in [1.54, 1.807) is 7.11 Å². The van der Waals surface area contributed by atoms with Crippen LogP contribution in [0.5, 0.6) is 0 Å². The lowest BCUT2D eigenvalue weighted by Crippen LogP contribution is -2.04. The molecule has 0 unspecified atom stereocenters. The second-order valence-electron chi connectivity index (χ2n) is 2.14. The fourth-order valence-corrected chi connectivity index (χ4v) is 0.637. The van der Waals surface area contributed by atoms with Crippen molar-refractivity contribution < 1.29 is 4.74 Å². The summed E-state index contributed by atoms with van der Waals surface area (Å²) in [4.78, 5) is 0. The smallest absolute Gasteiger partial charge is 0.0837 e. The highest BCUT2D eigenvalue weighted by atomic mass is 16.5. The normalized spacial score (nSPS) is 9.56. The van der Waals surface area contributed by atoms with Gasteiger partial charge >= 0.3 is 0 Å². The average molecular weight is 129 g/mol. The van der Waals surface area contributed by atoms with Crippen LogP contribution >= 0.6 is 0 Å². The van der Waals surface area contributed by atoms with Gasteiger partial charge in [0.15, 0.2) is 0 Å². The van der Waals surface area contributed by atoms with Crippen molar-refractivity contribution in [2.45, 2.75) is 26.2 Å². The van der Waals surface area contributed by atoms with E-state index in [4.69, 9.17) is 10.1 Å². The lowest BCUT2D eigenvalue weighted by molar-refractivity contribution is 0.243. The molecule has 2 nitrogen and oxygen atoms in total. The highest BCUT2D eigenvalue weighted by Crippen LogP contribution is 1.94. The molecule has 9 heavy (non-hydrogen) atoms. The largest absolute Gasteiger partial charge is 0.379 e. The van der Waals surface area contributed by atoms with Gasteiger partial charge in [-0.3, -0.25) is 0 Å². The standard InChI is InChI=1S/C7H15NO/c1-3-4-5-7(8)6-9-2/h8H,3-6H2,1-2H3. The maximum atomic E-state index is 7.27. The molecule has 0 saturated carbocycles. The van der Waals surface area contributed by atoms with Gasteiger partial charge in [-0.25, -0.2) is 0 Å². The van der Waals surface area contributed by atoms with E-state index in [9.17, 15) is 0 Å². The molecule has 0 amide bonds. The van der Waals surface area contributed by atoms with Crippen molar-refractivity contribution in [2.75, 3.05) is 13.7 Å². The van der Waals surface area contributed by atoms with Crippen LogP contribution in [-0.2, 0) is 4.74 Å². The fourth-order valence-electron chi connectivity index (χ4n) is 0.637. The van der Waals surface area contributed by atoms with Crippen LogP contribution < -0.4 is 0 Å². The number of hydrogen-bond acceptors (Lipinski definition) is 2. The molecule has 0 fully saturated rings. The Morgan fingerprint density at radius 2 is 2.22 bits per heavy atom. The topological polar surface area (TPSA) is 33.1 Å². The summed E-state index contributed by atoms with van der Waals surface area (Å²) in [7, 11) is 1.63. The molecule has 0 atom stereocenters. The summed E-state index contributed by atoms with van der Waals surface area (Å²) in [5, 5.41) is 7.27. The first-order valence-corrected chi connectivity index (χ1v) is 3.36. The summed E-state index contributed by atoms with van der Waals surface area (Å²) in [6.07, 6.45) is 3.17. The minimum atomic E-state index is 0.500. The summed E-state index contributed by atoms with van der Waals surface area (Å²) < 4.78 is 4.78. The third-order valence-electron chi connectivity index (χ3n) is 1.15. The highest BCUT2D eigenvalue weighted by Gasteiger charge is 1.92. The molecule has 0 aromatic carbocycles. The number of methoxy groups -OCH3 is 1. The number of nitrogens with one attached hydrogen (secondary N) is 1. The summed E-state index contributed by atoms with van der Waals surface area (Å²) in [6, 6.07) is 0. The van der Waals surface area contributed by atoms with Crippen molar-refractivity contribution in [2.24, 2.45) is 0 Å². The van der Waals surface area contributed by atoms with Crippen LogP contribution in [0.2, 0.25) is 0 Å². The van der Waals surface area contributed by atoms with Gasteiger partial charge in [0.1, 0.15) is 0 Å². The number of ether oxygens (including phenoxy) is 1. The molecule has 0 bridgehead atoms. The van der Waals surface area contributed by atoms with Crippen LogP contribution in [0.25, 0.3) is 0 Å². The molecule has 0 heterocycles. The Kier molecular flexibility index (Phi) is 5.52. The first-order valence-electron chi connectivity index (χ1n) is 3.36. The minimum absolute atomic E-state index is 0.500. The Morgan fingerprint density at radius 1 is 1.56 bits per heavy atom. The van der Waals surface area contributed by atoms with Crippen molar-refractivity contribution in [1.29, 1.82) is 5.41 Å². The first-order chi connectivity index (χ1) is 4.31. The van der Waals surface area contributed by atoms with Gasteiger partial charge in [0.05, 0.1) is 6.61 Å². The van der Waals surface area contributed by atoms with Crippen molar-refractivity contribution >= 4 is 5.71 Å². The van der Waals surface area contributed by atoms with Gasteiger partial charge in [0, 0.05) is 12.8 Å². The van der Waals surface area contributed by atoms with E-state index in [1.807, 2.05) is 0 Å². The van der Waals surface area contributed by atoms with Crippen molar-refractivity contribution in [3.63, 3.8) is 0 Å². The Balaban J connectivity index is 3.06. The number of unbranched alkanes of at least 4 members (excludes halogenated alkanes) is 1. The van der Waals surface area contributed by atoms with E-state index in [-0.39, 0.29) is 0 Å². The molecule has 0 aliphatic heterocycles. The molecule has 1 N–H and O–H groups in total. The summed E-state index contributed by atoms with van der Waals surface area (Å²) in [5.41, 5.74) is 0.708. The van der Waals surface area contributed by atoms with E-state index in [0.717, 1.165) is 19.3 Å². The molecule has 0 radical (unpaired) electrons. The van der Waals surface area contributed by atoms with Gasteiger partial charge in [-0.05, 0) is 12.8 Å². The monoisotopic (exact) mass is 129 g/mol. The molecule has 54 valence electrons. The predicted octanol–water partition coefficient (Wildman–Crippen LogP) is 1.84. The van der Waals surface area contributed by atoms with Gasteiger partial charge in [-0.1, -0.05) is 13.3 Å². The molecule has 0 aromatic heterocycles. The zero-order valence-corrected chi connectivity index (χ0v) is 6.24. The Bertz CT molecular complexity index is 81.0. The van der Waals surface area contributed by atoms with Gasteiger partial charge in [-0.2, -0.15) is 0 Å². The number of rotatable bonds is 5. The predicted molar refractivity (Wildman–Crippen MR) is 39.1 cm³/mol. The number of hydrogen-bond donors (Lipinski definition) is 1. The highest BCUT2D eigenvalue weighted by molar-refractivity contribution is 5.82. The van der Waals surface area contributed by atoms with Crippen LogP contribution in [-0.4, -0.2) is 19.4 Å². The molecule has 0 saturated heterocycles. The molecular formula is C7H15NO. The minimum Gasteiger partial charge on any atom is -0.379 e. The van der Waals surface area contributed by atoms with E-state index in [0.29, 0.717) is 12.3 Å². The first kappa shape index (κ1) is 8.63. The fraction of sp³-hybridized carbons (Fsp3) is 0.857.